The summed E-state index contributed by atoms with van der Waals surface area (Å²) in [4.78, 5) is 2.01. The predicted octanol–water partition coefficient (Wildman–Crippen LogP) is 3.70. The van der Waals surface area contributed by atoms with Crippen LogP contribution in [0.2, 0.25) is 0 Å². The summed E-state index contributed by atoms with van der Waals surface area (Å²) in [6, 6.07) is 0. The summed E-state index contributed by atoms with van der Waals surface area (Å²) in [5.41, 5.74) is 0. The van der Waals surface area contributed by atoms with E-state index >= 15 is 0 Å². The van der Waals surface area contributed by atoms with E-state index in [1.165, 1.54) is 12.8 Å². The number of rotatable bonds is 9. The first kappa shape index (κ1) is 29.1. The zero-order valence-corrected chi connectivity index (χ0v) is 22.0. The Bertz CT molecular complexity index is 307. The van der Waals surface area contributed by atoms with Crippen molar-refractivity contribution in [3.8, 4) is 0 Å². The van der Waals surface area contributed by atoms with Gasteiger partial charge in [0.05, 0.1) is 0 Å². The maximum atomic E-state index is 4.81. The van der Waals surface area contributed by atoms with E-state index < -0.39 is 0 Å². The van der Waals surface area contributed by atoms with Crippen LogP contribution in [0.25, 0.3) is 0 Å². The maximum absolute atomic E-state index is 4.81. The van der Waals surface area contributed by atoms with Gasteiger partial charge in [-0.25, -0.2) is 0 Å². The fourth-order valence-corrected chi connectivity index (χ4v) is 2.46. The molecule has 0 saturated carbocycles. The molecule has 0 aromatic rings. The van der Waals surface area contributed by atoms with Crippen LogP contribution in [0, 0.1) is 0 Å². The van der Waals surface area contributed by atoms with Gasteiger partial charge in [-0.15, -0.1) is 37.9 Å². The van der Waals surface area contributed by atoms with Gasteiger partial charge in [0.15, 0.2) is 0 Å². The van der Waals surface area contributed by atoms with Crippen LogP contribution in [0.3, 0.4) is 0 Å². The van der Waals surface area contributed by atoms with Crippen molar-refractivity contribution in [2.45, 2.75) is 39.5 Å². The second-order valence-electron chi connectivity index (χ2n) is 4.33. The van der Waals surface area contributed by atoms with E-state index in [1.807, 2.05) is 4.90 Å². The fourth-order valence-electron chi connectivity index (χ4n) is 1.49. The zero-order chi connectivity index (χ0) is 17.4. The molecular weight excluding hydrogens is 456 g/mol. The molecule has 0 aliphatic carbocycles. The topological polar surface area (TPSA) is 27.3 Å². The number of hydrogen-bond acceptors (Lipinski definition) is 3. The first-order chi connectivity index (χ1) is 10.3. The van der Waals surface area contributed by atoms with E-state index in [1.54, 1.807) is 0 Å². The Morgan fingerprint density at radius 1 is 0.783 bits per heavy atom. The van der Waals surface area contributed by atoms with Crippen molar-refractivity contribution in [2.75, 3.05) is 26.2 Å². The molecule has 3 nitrogen and oxygen atoms in total. The van der Waals surface area contributed by atoms with Crippen LogP contribution in [0.4, 0.5) is 0 Å². The van der Waals surface area contributed by atoms with Crippen LogP contribution in [-0.4, -0.2) is 44.0 Å². The van der Waals surface area contributed by atoms with Gasteiger partial charge in [-0.1, -0.05) is 49.5 Å². The van der Waals surface area contributed by atoms with Crippen molar-refractivity contribution >= 4 is 87.5 Å². The van der Waals surface area contributed by atoms with Gasteiger partial charge >= 0.3 is 0 Å². The van der Waals surface area contributed by atoms with Crippen molar-refractivity contribution in [1.82, 2.24) is 15.5 Å². The van der Waals surface area contributed by atoms with Gasteiger partial charge in [-0.05, 0) is 26.7 Å². The molecule has 10 heteroatoms. The summed E-state index contributed by atoms with van der Waals surface area (Å²) >= 11 is 26.3. The molecule has 0 aliphatic rings. The largest absolute Gasteiger partial charge is 0.371 e. The Balaban J connectivity index is -0.000000382. The van der Waals surface area contributed by atoms with Crippen LogP contribution in [0.15, 0.2) is 0 Å². The molecule has 0 amide bonds. The molecule has 0 aliphatic heterocycles. The van der Waals surface area contributed by atoms with Crippen molar-refractivity contribution in [1.29, 1.82) is 0 Å². The number of thiol groups is 3. The third-order valence-corrected chi connectivity index (χ3v) is 3.84. The summed E-state index contributed by atoms with van der Waals surface area (Å²) in [6.07, 6.45) is 4.66. The van der Waals surface area contributed by atoms with Gasteiger partial charge in [0.25, 0.3) is 0 Å². The zero-order valence-electron chi connectivity index (χ0n) is 13.9. The van der Waals surface area contributed by atoms with Crippen molar-refractivity contribution in [3.63, 3.8) is 0 Å². The second kappa shape index (κ2) is 21.4. The molecule has 132 valence electrons. The minimum Gasteiger partial charge on any atom is -0.371 e. The summed E-state index contributed by atoms with van der Waals surface area (Å²) in [7, 11) is 0. The molecule has 0 rings (SSSR count). The standard InChI is InChI=1S/C8H16N2S4.C5H11NS2.Zn/c11-7(12)9-5-3-1-2-4-6-10-8(13)14;1-3-6(4-2)5(7)8;/h1-6H2,(H2,9,11,12)(H2,10,13,14);3-4H2,1-2H3,(H,7,8);. The Morgan fingerprint density at radius 3 is 1.30 bits per heavy atom. The van der Waals surface area contributed by atoms with Gasteiger partial charge in [0.1, 0.15) is 13.0 Å². The summed E-state index contributed by atoms with van der Waals surface area (Å²) in [6.45, 7) is 7.87. The first-order valence-electron chi connectivity index (χ1n) is 7.26. The Morgan fingerprint density at radius 2 is 1.13 bits per heavy atom. The maximum Gasteiger partial charge on any atom is 0.133 e. The quantitative estimate of drug-likeness (QED) is 0.149. The molecule has 23 heavy (non-hydrogen) atoms. The van der Waals surface area contributed by atoms with Gasteiger partial charge in [-0.3, -0.25) is 0 Å². The molecule has 0 atom stereocenters. The van der Waals surface area contributed by atoms with E-state index in [4.69, 9.17) is 36.7 Å². The van der Waals surface area contributed by atoms with E-state index in [-0.39, 0.29) is 19.5 Å². The van der Waals surface area contributed by atoms with E-state index in [0.29, 0.717) is 13.0 Å². The average Bonchev–Trinajstić information content (AvgIpc) is 2.43. The van der Waals surface area contributed by atoms with Crippen molar-refractivity contribution < 1.29 is 19.5 Å². The fraction of sp³-hybridized carbons (Fsp3) is 0.769. The van der Waals surface area contributed by atoms with Gasteiger partial charge in [-0.2, -0.15) is 0 Å². The third-order valence-electron chi connectivity index (χ3n) is 2.69. The molecule has 0 aromatic heterocycles. The molecule has 0 heterocycles. The number of unbranched alkanes of at least 4 members (excludes halogenated alkanes) is 3. The Kier molecular flexibility index (Phi) is 27.1. The smallest absolute Gasteiger partial charge is 0.133 e. The minimum atomic E-state index is 0. The Labute approximate surface area is 186 Å². The van der Waals surface area contributed by atoms with Crippen molar-refractivity contribution in [3.05, 3.63) is 0 Å². The normalized spacial score (nSPS) is 8.91. The summed E-state index contributed by atoms with van der Waals surface area (Å²) < 4.78 is 1.84. The third kappa shape index (κ3) is 25.7. The predicted molar refractivity (Wildman–Crippen MR) is 122 cm³/mol. The molecule has 0 bridgehead atoms. The van der Waals surface area contributed by atoms with Crippen LogP contribution < -0.4 is 10.6 Å². The number of nitrogens with one attached hydrogen (secondary N) is 2. The van der Waals surface area contributed by atoms with Gasteiger partial charge in [0, 0.05) is 45.7 Å². The summed E-state index contributed by atoms with van der Waals surface area (Å²) in [5.74, 6) is 0. The molecule has 0 unspecified atom stereocenters. The molecule has 0 saturated heterocycles. The monoisotopic (exact) mass is 481 g/mol. The van der Waals surface area contributed by atoms with Crippen molar-refractivity contribution in [2.24, 2.45) is 0 Å². The molecule has 0 radical (unpaired) electrons. The van der Waals surface area contributed by atoms with E-state index in [9.17, 15) is 0 Å². The molecular formula is C13H27N3S6Zn. The average molecular weight is 483 g/mol. The second-order valence-corrected chi connectivity index (χ2v) is 7.76. The number of thiocarbonyl (C=S) groups is 3. The molecule has 0 fully saturated rings. The molecule has 0 spiro atoms. The first-order valence-corrected chi connectivity index (χ1v) is 9.83. The van der Waals surface area contributed by atoms with Crippen LogP contribution >= 0.6 is 74.5 Å². The van der Waals surface area contributed by atoms with Crippen LogP contribution in [0.5, 0.6) is 0 Å². The SMILES string of the molecule is CCN(CC)C(=S)S.S=C(S)NCCCCCCNC(=S)S.[Zn]. The van der Waals surface area contributed by atoms with Crippen LogP contribution in [-0.2, 0) is 19.5 Å². The van der Waals surface area contributed by atoms with Gasteiger partial charge < -0.3 is 15.5 Å². The van der Waals surface area contributed by atoms with Crippen LogP contribution in [0.1, 0.15) is 39.5 Å². The molecule has 0 aromatic carbocycles. The van der Waals surface area contributed by atoms with E-state index in [0.717, 1.165) is 39.0 Å². The molecule has 2 N–H and O–H groups in total. The number of nitrogens with zero attached hydrogens (tertiary/aromatic N) is 1. The number of hydrogen-bond donors (Lipinski definition) is 5. The summed E-state index contributed by atoms with van der Waals surface area (Å²) in [5, 5.41) is 6.00. The Hall–Kier alpha value is 1.34. The van der Waals surface area contributed by atoms with E-state index in [2.05, 4.69) is 62.4 Å². The minimum absolute atomic E-state index is 0. The van der Waals surface area contributed by atoms with Gasteiger partial charge in [0.2, 0.25) is 0 Å².